The second-order valence-electron chi connectivity index (χ2n) is 3.33. The van der Waals surface area contributed by atoms with Crippen LogP contribution in [0.5, 0.6) is 0 Å². The second-order valence-corrected chi connectivity index (χ2v) is 3.33. The van der Waals surface area contributed by atoms with E-state index in [2.05, 4.69) is 0 Å². The molecule has 0 spiro atoms. The van der Waals surface area contributed by atoms with E-state index in [4.69, 9.17) is 5.11 Å². The first-order valence-corrected chi connectivity index (χ1v) is 4.47. The average Bonchev–Trinajstić information content (AvgIpc) is 2.13. The number of carboxylic acids is 1. The summed E-state index contributed by atoms with van der Waals surface area (Å²) >= 11 is 0. The summed E-state index contributed by atoms with van der Waals surface area (Å²) < 4.78 is 13.3. The predicted molar refractivity (Wildman–Crippen MR) is 49.8 cm³/mol. The lowest BCUT2D eigenvalue weighted by Crippen LogP contribution is -2.67. The van der Waals surface area contributed by atoms with E-state index in [-0.39, 0.29) is 5.69 Å². The van der Waals surface area contributed by atoms with E-state index in [1.807, 2.05) is 0 Å². The molecule has 0 unspecified atom stereocenters. The van der Waals surface area contributed by atoms with Crippen molar-refractivity contribution >= 4 is 11.7 Å². The van der Waals surface area contributed by atoms with Crippen molar-refractivity contribution in [2.45, 2.75) is 12.8 Å². The molecule has 6 heteroatoms. The van der Waals surface area contributed by atoms with E-state index >= 15 is 0 Å². The third-order valence-electron chi connectivity index (χ3n) is 1.93. The molecule has 0 aliphatic heterocycles. The largest absolute Gasteiger partial charge is 0.847 e. The first-order chi connectivity index (χ1) is 7.32. The molecule has 0 aromatic heterocycles. The van der Waals surface area contributed by atoms with Gasteiger partial charge in [-0.25, -0.2) is 4.39 Å². The summed E-state index contributed by atoms with van der Waals surface area (Å²) in [6.07, 6.45) is 0. The molecule has 0 aliphatic rings. The molecule has 1 rings (SSSR count). The van der Waals surface area contributed by atoms with E-state index in [1.54, 1.807) is 0 Å². The fraction of sp³-hybridized carbons (Fsp3) is 0.300. The van der Waals surface area contributed by atoms with Gasteiger partial charge >= 0.3 is 5.97 Å². The third-order valence-corrected chi connectivity index (χ3v) is 1.93. The van der Waals surface area contributed by atoms with Gasteiger partial charge in [-0.2, -0.15) is 0 Å². The van der Waals surface area contributed by atoms with Crippen LogP contribution in [0.4, 0.5) is 10.1 Å². The Balaban J connectivity index is 3.12. The van der Waals surface area contributed by atoms with Crippen molar-refractivity contribution in [2.24, 2.45) is 0 Å². The van der Waals surface area contributed by atoms with Crippen LogP contribution >= 0.6 is 0 Å². The minimum absolute atomic E-state index is 0.308. The first kappa shape index (κ1) is 12.4. The summed E-state index contributed by atoms with van der Waals surface area (Å²) in [5, 5.41) is 31.0. The summed E-state index contributed by atoms with van der Waals surface area (Å²) in [4.78, 5) is 10.9. The minimum Gasteiger partial charge on any atom is -0.847 e. The highest BCUT2D eigenvalue weighted by Crippen LogP contribution is 2.21. The standard InChI is InChI=1S/C10H10FNO4/c1-10(15,16)12(6-9(13)14)8-5-3-2-4-7(8)11/h2-5H,6H2,1H3,(H,13,14)/q-2. The number of nitrogens with zero attached hydrogens (tertiary/aromatic N) is 1. The zero-order valence-corrected chi connectivity index (χ0v) is 8.51. The van der Waals surface area contributed by atoms with Crippen molar-refractivity contribution in [3.63, 3.8) is 0 Å². The predicted octanol–water partition coefficient (Wildman–Crippen LogP) is -0.889. The molecule has 0 amide bonds. The van der Waals surface area contributed by atoms with Crippen LogP contribution in [0.25, 0.3) is 0 Å². The van der Waals surface area contributed by atoms with Crippen LogP contribution in [0.3, 0.4) is 0 Å². The van der Waals surface area contributed by atoms with Gasteiger partial charge in [-0.05, 0) is 12.1 Å². The Kier molecular flexibility index (Phi) is 3.46. The lowest BCUT2D eigenvalue weighted by Gasteiger charge is -2.54. The molecule has 1 N–H and O–H groups in total. The molecule has 1 aromatic carbocycles. The zero-order valence-electron chi connectivity index (χ0n) is 8.51. The Hall–Kier alpha value is -1.66. The van der Waals surface area contributed by atoms with Gasteiger partial charge in [-0.15, -0.1) is 5.91 Å². The van der Waals surface area contributed by atoms with Crippen molar-refractivity contribution in [1.29, 1.82) is 0 Å². The molecule has 16 heavy (non-hydrogen) atoms. The molecule has 0 atom stereocenters. The van der Waals surface area contributed by atoms with Crippen LogP contribution in [-0.2, 0) is 4.79 Å². The number of carbonyl (C=O) groups is 1. The van der Waals surface area contributed by atoms with Crippen LogP contribution in [0.2, 0.25) is 0 Å². The Bertz CT molecular complexity index is 389. The lowest BCUT2D eigenvalue weighted by atomic mass is 10.2. The Morgan fingerprint density at radius 3 is 2.50 bits per heavy atom. The monoisotopic (exact) mass is 227 g/mol. The third kappa shape index (κ3) is 2.91. The number of hydrogen-bond acceptors (Lipinski definition) is 4. The van der Waals surface area contributed by atoms with Gasteiger partial charge in [0, 0.05) is 0 Å². The molecule has 0 saturated heterocycles. The van der Waals surface area contributed by atoms with Gasteiger partial charge in [-0.1, -0.05) is 19.1 Å². The molecule has 5 nitrogen and oxygen atoms in total. The van der Waals surface area contributed by atoms with E-state index in [0.29, 0.717) is 4.90 Å². The summed E-state index contributed by atoms with van der Waals surface area (Å²) in [5.41, 5.74) is -0.308. The molecular weight excluding hydrogens is 217 g/mol. The van der Waals surface area contributed by atoms with E-state index in [0.717, 1.165) is 13.0 Å². The molecule has 0 aliphatic carbocycles. The summed E-state index contributed by atoms with van der Waals surface area (Å²) in [5.74, 6) is -5.12. The molecule has 0 bridgehead atoms. The Morgan fingerprint density at radius 1 is 1.50 bits per heavy atom. The second kappa shape index (κ2) is 4.46. The Labute approximate surface area is 91.4 Å². The fourth-order valence-corrected chi connectivity index (χ4v) is 1.25. The van der Waals surface area contributed by atoms with Crippen LogP contribution < -0.4 is 15.1 Å². The average molecular weight is 227 g/mol. The highest BCUT2D eigenvalue weighted by Gasteiger charge is 2.16. The van der Waals surface area contributed by atoms with Gasteiger partial charge in [0.15, 0.2) is 0 Å². The zero-order chi connectivity index (χ0) is 12.3. The summed E-state index contributed by atoms with van der Waals surface area (Å²) in [6, 6.07) is 5.03. The maximum atomic E-state index is 13.3. The maximum Gasteiger partial charge on any atom is 0.323 e. The van der Waals surface area contributed by atoms with Crippen molar-refractivity contribution < 1.29 is 24.5 Å². The number of anilines is 1. The van der Waals surface area contributed by atoms with Crippen molar-refractivity contribution in [2.75, 3.05) is 11.4 Å². The van der Waals surface area contributed by atoms with E-state index in [1.165, 1.54) is 18.2 Å². The molecule has 88 valence electrons. The van der Waals surface area contributed by atoms with Crippen LogP contribution in [0.1, 0.15) is 6.92 Å². The molecule has 0 heterocycles. The van der Waals surface area contributed by atoms with E-state index < -0.39 is 24.2 Å². The number of para-hydroxylation sites is 1. The number of benzene rings is 1. The van der Waals surface area contributed by atoms with E-state index in [9.17, 15) is 19.4 Å². The topological polar surface area (TPSA) is 86.7 Å². The van der Waals surface area contributed by atoms with Gasteiger partial charge in [0.1, 0.15) is 12.4 Å². The fourth-order valence-electron chi connectivity index (χ4n) is 1.25. The van der Waals surface area contributed by atoms with Gasteiger partial charge in [0.2, 0.25) is 0 Å². The van der Waals surface area contributed by atoms with Crippen LogP contribution in [-0.4, -0.2) is 23.5 Å². The summed E-state index contributed by atoms with van der Waals surface area (Å²) in [6.45, 7) is -0.104. The molecular formula is C10H10FNO4-2. The normalized spacial score (nSPS) is 11.2. The van der Waals surface area contributed by atoms with Crippen molar-refractivity contribution in [3.8, 4) is 0 Å². The minimum atomic E-state index is -2.94. The van der Waals surface area contributed by atoms with Gasteiger partial charge in [-0.3, -0.25) is 4.79 Å². The van der Waals surface area contributed by atoms with Gasteiger partial charge < -0.3 is 20.2 Å². The highest BCUT2D eigenvalue weighted by atomic mass is 19.1. The Morgan fingerprint density at radius 2 is 2.06 bits per heavy atom. The SMILES string of the molecule is CC([O-])([O-])N(CC(=O)O)c1ccccc1F. The maximum absolute atomic E-state index is 13.3. The molecule has 1 aromatic rings. The van der Waals surface area contributed by atoms with Gasteiger partial charge in [0.25, 0.3) is 0 Å². The lowest BCUT2D eigenvalue weighted by molar-refractivity contribution is -0.713. The molecule has 0 radical (unpaired) electrons. The molecule has 0 fully saturated rings. The number of aliphatic carboxylic acids is 1. The summed E-state index contributed by atoms with van der Waals surface area (Å²) in [7, 11) is 0. The quantitative estimate of drug-likeness (QED) is 0.674. The number of hydrogen-bond donors (Lipinski definition) is 1. The van der Waals surface area contributed by atoms with Crippen LogP contribution in [0, 0.1) is 5.82 Å². The number of carboxylic acid groups (broad SMARTS) is 1. The first-order valence-electron chi connectivity index (χ1n) is 4.47. The highest BCUT2D eigenvalue weighted by molar-refractivity contribution is 5.74. The van der Waals surface area contributed by atoms with Crippen molar-refractivity contribution in [3.05, 3.63) is 30.1 Å². The number of halogens is 1. The smallest absolute Gasteiger partial charge is 0.323 e. The number of rotatable bonds is 4. The van der Waals surface area contributed by atoms with Crippen molar-refractivity contribution in [1.82, 2.24) is 0 Å². The molecule has 0 saturated carbocycles. The van der Waals surface area contributed by atoms with Crippen LogP contribution in [0.15, 0.2) is 24.3 Å². The van der Waals surface area contributed by atoms with Gasteiger partial charge in [0.05, 0.1) is 5.69 Å².